The Hall–Kier alpha value is -2.61. The minimum atomic E-state index is -0.633. The number of thiazole rings is 1. The molecule has 0 unspecified atom stereocenters. The topological polar surface area (TPSA) is 102 Å². The summed E-state index contributed by atoms with van der Waals surface area (Å²) < 4.78 is 10.3. The van der Waals surface area contributed by atoms with Gasteiger partial charge in [0.15, 0.2) is 11.5 Å². The standard InChI is InChI=1S/C11H6N2O5S/c14-11-12-9(6-2-1-5-17-6)10(19-11)7-3-4-8(18-7)13(15)16/h1-5H,(H,12,14). The molecule has 0 aliphatic carbocycles. The van der Waals surface area contributed by atoms with E-state index in [4.69, 9.17) is 8.83 Å². The second-order valence-electron chi connectivity index (χ2n) is 3.59. The third-order valence-electron chi connectivity index (χ3n) is 2.41. The van der Waals surface area contributed by atoms with Gasteiger partial charge in [0.2, 0.25) is 0 Å². The van der Waals surface area contributed by atoms with Gasteiger partial charge in [0.25, 0.3) is 0 Å². The van der Waals surface area contributed by atoms with E-state index in [1.807, 2.05) is 0 Å². The molecule has 3 aromatic rings. The van der Waals surface area contributed by atoms with E-state index >= 15 is 0 Å². The Morgan fingerprint density at radius 3 is 2.74 bits per heavy atom. The molecular formula is C11H6N2O5S. The molecule has 7 nitrogen and oxygen atoms in total. The highest BCUT2D eigenvalue weighted by atomic mass is 32.1. The van der Waals surface area contributed by atoms with Crippen LogP contribution in [0.15, 0.2) is 44.2 Å². The Balaban J connectivity index is 2.14. The molecule has 0 fully saturated rings. The van der Waals surface area contributed by atoms with E-state index in [-0.39, 0.29) is 16.5 Å². The summed E-state index contributed by atoms with van der Waals surface area (Å²) in [5.74, 6) is 0.343. The maximum Gasteiger partial charge on any atom is 0.433 e. The van der Waals surface area contributed by atoms with Gasteiger partial charge in [0.05, 0.1) is 12.3 Å². The first kappa shape index (κ1) is 11.5. The van der Waals surface area contributed by atoms with Crippen LogP contribution in [0.1, 0.15) is 0 Å². The molecule has 0 aromatic carbocycles. The van der Waals surface area contributed by atoms with Gasteiger partial charge in [0, 0.05) is 0 Å². The first-order valence-electron chi connectivity index (χ1n) is 5.17. The lowest BCUT2D eigenvalue weighted by Gasteiger charge is -1.95. The van der Waals surface area contributed by atoms with Gasteiger partial charge >= 0.3 is 10.8 Å². The molecule has 0 bridgehead atoms. The van der Waals surface area contributed by atoms with Crippen molar-refractivity contribution in [2.45, 2.75) is 0 Å². The normalized spacial score (nSPS) is 10.7. The lowest BCUT2D eigenvalue weighted by Crippen LogP contribution is -1.91. The summed E-state index contributed by atoms with van der Waals surface area (Å²) in [5.41, 5.74) is 0.448. The molecule has 1 N–H and O–H groups in total. The van der Waals surface area contributed by atoms with E-state index in [9.17, 15) is 14.9 Å². The maximum absolute atomic E-state index is 11.5. The molecule has 0 aliphatic heterocycles. The summed E-state index contributed by atoms with van der Waals surface area (Å²) >= 11 is 0.903. The highest BCUT2D eigenvalue weighted by Crippen LogP contribution is 2.35. The zero-order chi connectivity index (χ0) is 13.4. The van der Waals surface area contributed by atoms with Crippen molar-refractivity contribution in [2.75, 3.05) is 0 Å². The summed E-state index contributed by atoms with van der Waals surface area (Å²) in [6, 6.07) is 6.05. The number of nitrogens with zero attached hydrogens (tertiary/aromatic N) is 1. The van der Waals surface area contributed by atoms with E-state index in [1.54, 1.807) is 12.1 Å². The third-order valence-corrected chi connectivity index (χ3v) is 3.31. The summed E-state index contributed by atoms with van der Waals surface area (Å²) in [6.07, 6.45) is 1.47. The summed E-state index contributed by atoms with van der Waals surface area (Å²) in [6.45, 7) is 0. The molecule has 0 aliphatic rings. The molecule has 0 atom stereocenters. The van der Waals surface area contributed by atoms with E-state index in [1.165, 1.54) is 18.4 Å². The van der Waals surface area contributed by atoms with Crippen molar-refractivity contribution >= 4 is 17.2 Å². The number of aromatic amines is 1. The molecule has 0 saturated carbocycles. The second kappa shape index (κ2) is 4.25. The number of rotatable bonds is 3. The lowest BCUT2D eigenvalue weighted by molar-refractivity contribution is -0.401. The molecule has 96 valence electrons. The Morgan fingerprint density at radius 2 is 2.11 bits per heavy atom. The fourth-order valence-electron chi connectivity index (χ4n) is 1.64. The second-order valence-corrected chi connectivity index (χ2v) is 4.57. The molecular weight excluding hydrogens is 272 g/mol. The van der Waals surface area contributed by atoms with Gasteiger partial charge in [-0.1, -0.05) is 11.3 Å². The minimum Gasteiger partial charge on any atom is -0.463 e. The first-order chi connectivity index (χ1) is 9.15. The van der Waals surface area contributed by atoms with E-state index < -0.39 is 4.92 Å². The fourth-order valence-corrected chi connectivity index (χ4v) is 2.45. The van der Waals surface area contributed by atoms with Crippen LogP contribution in [0.25, 0.3) is 22.1 Å². The lowest BCUT2D eigenvalue weighted by atomic mass is 10.2. The van der Waals surface area contributed by atoms with Crippen LogP contribution in [-0.2, 0) is 0 Å². The summed E-state index contributed by atoms with van der Waals surface area (Å²) in [7, 11) is 0. The molecule has 0 spiro atoms. The van der Waals surface area contributed by atoms with Crippen LogP contribution >= 0.6 is 11.3 Å². The van der Waals surface area contributed by atoms with Crippen molar-refractivity contribution in [1.82, 2.24) is 4.98 Å². The van der Waals surface area contributed by atoms with Crippen LogP contribution < -0.4 is 4.87 Å². The molecule has 19 heavy (non-hydrogen) atoms. The van der Waals surface area contributed by atoms with Crippen molar-refractivity contribution in [2.24, 2.45) is 0 Å². The number of H-pyrrole nitrogens is 1. The molecule has 3 rings (SSSR count). The van der Waals surface area contributed by atoms with Crippen LogP contribution in [0.2, 0.25) is 0 Å². The van der Waals surface area contributed by atoms with Crippen LogP contribution in [0.3, 0.4) is 0 Å². The fraction of sp³-hybridized carbons (Fsp3) is 0. The van der Waals surface area contributed by atoms with Crippen molar-refractivity contribution in [3.63, 3.8) is 0 Å². The van der Waals surface area contributed by atoms with Gasteiger partial charge < -0.3 is 13.8 Å². The number of hydrogen-bond donors (Lipinski definition) is 1. The quantitative estimate of drug-likeness (QED) is 0.586. The Morgan fingerprint density at radius 1 is 1.26 bits per heavy atom. The highest BCUT2D eigenvalue weighted by molar-refractivity contribution is 7.13. The predicted octanol–water partition coefficient (Wildman–Crippen LogP) is 2.86. The molecule has 8 heteroatoms. The SMILES string of the molecule is O=c1[nH]c(-c2ccco2)c(-c2ccc([N+](=O)[O-])o2)s1. The van der Waals surface area contributed by atoms with Gasteiger partial charge in [0.1, 0.15) is 15.5 Å². The Kier molecular flexibility index (Phi) is 2.57. The van der Waals surface area contributed by atoms with Crippen molar-refractivity contribution < 1.29 is 13.8 Å². The maximum atomic E-state index is 11.5. The average molecular weight is 278 g/mol. The molecule has 3 aromatic heterocycles. The predicted molar refractivity (Wildman–Crippen MR) is 67.0 cm³/mol. The molecule has 0 radical (unpaired) electrons. The van der Waals surface area contributed by atoms with Gasteiger partial charge in [-0.2, -0.15) is 0 Å². The van der Waals surface area contributed by atoms with Crippen molar-refractivity contribution in [1.29, 1.82) is 0 Å². The minimum absolute atomic E-state index is 0.251. The number of furan rings is 2. The van der Waals surface area contributed by atoms with Crippen LogP contribution in [0, 0.1) is 10.1 Å². The van der Waals surface area contributed by atoms with Gasteiger partial charge in [-0.3, -0.25) is 14.9 Å². The number of nitrogens with one attached hydrogen (secondary N) is 1. The largest absolute Gasteiger partial charge is 0.463 e. The zero-order valence-corrected chi connectivity index (χ0v) is 10.1. The smallest absolute Gasteiger partial charge is 0.433 e. The summed E-state index contributed by atoms with van der Waals surface area (Å²) in [5, 5.41) is 10.6. The van der Waals surface area contributed by atoms with Crippen LogP contribution in [0.5, 0.6) is 0 Å². The Labute approximate surface area is 109 Å². The molecule has 0 amide bonds. The van der Waals surface area contributed by atoms with Gasteiger partial charge in [-0.05, 0) is 18.2 Å². The van der Waals surface area contributed by atoms with Gasteiger partial charge in [-0.15, -0.1) is 0 Å². The monoisotopic (exact) mass is 278 g/mol. The van der Waals surface area contributed by atoms with E-state index in [0.717, 1.165) is 11.3 Å². The number of aromatic nitrogens is 1. The molecule has 0 saturated heterocycles. The summed E-state index contributed by atoms with van der Waals surface area (Å²) in [4.78, 5) is 24.2. The van der Waals surface area contributed by atoms with Crippen LogP contribution in [-0.4, -0.2) is 9.91 Å². The number of hydrogen-bond acceptors (Lipinski definition) is 6. The van der Waals surface area contributed by atoms with E-state index in [2.05, 4.69) is 4.98 Å². The third kappa shape index (κ3) is 1.97. The molecule has 3 heterocycles. The highest BCUT2D eigenvalue weighted by Gasteiger charge is 2.20. The van der Waals surface area contributed by atoms with Crippen molar-refractivity contribution in [3.05, 3.63) is 50.3 Å². The zero-order valence-electron chi connectivity index (χ0n) is 9.28. The van der Waals surface area contributed by atoms with E-state index in [0.29, 0.717) is 16.3 Å². The van der Waals surface area contributed by atoms with Crippen molar-refractivity contribution in [3.8, 4) is 22.1 Å². The van der Waals surface area contributed by atoms with Crippen LogP contribution in [0.4, 0.5) is 5.88 Å². The van der Waals surface area contributed by atoms with Gasteiger partial charge in [-0.25, -0.2) is 0 Å². The first-order valence-corrected chi connectivity index (χ1v) is 5.98. The average Bonchev–Trinajstić information content (AvgIpc) is 3.08. The Bertz CT molecular complexity index is 780. The number of nitro groups is 1.